The second kappa shape index (κ2) is 11.9. The first-order chi connectivity index (χ1) is 25.3. The summed E-state index contributed by atoms with van der Waals surface area (Å²) in [5, 5.41) is 4.74. The lowest BCUT2D eigenvalue weighted by atomic mass is 9.97. The lowest BCUT2D eigenvalue weighted by Gasteiger charge is -2.26. The van der Waals surface area contributed by atoms with E-state index in [0.717, 1.165) is 44.6 Å². The maximum absolute atomic E-state index is 6.29. The van der Waals surface area contributed by atoms with Crippen molar-refractivity contribution in [1.29, 1.82) is 0 Å². The molecular formula is C48H32N2O. The molecule has 3 heteroatoms. The van der Waals surface area contributed by atoms with Gasteiger partial charge in [0, 0.05) is 33.1 Å². The van der Waals surface area contributed by atoms with Crippen molar-refractivity contribution in [1.82, 2.24) is 4.57 Å². The fourth-order valence-electron chi connectivity index (χ4n) is 7.71. The summed E-state index contributed by atoms with van der Waals surface area (Å²) in [7, 11) is 0. The zero-order valence-corrected chi connectivity index (χ0v) is 27.8. The lowest BCUT2D eigenvalue weighted by molar-refractivity contribution is 0.669. The van der Waals surface area contributed by atoms with Gasteiger partial charge in [-0.05, 0) is 83.4 Å². The smallest absolute Gasteiger partial charge is 0.137 e. The Morgan fingerprint density at radius 3 is 1.76 bits per heavy atom. The number of hydrogen-bond acceptors (Lipinski definition) is 2. The molecule has 3 nitrogen and oxygen atoms in total. The highest BCUT2D eigenvalue weighted by atomic mass is 16.3. The highest BCUT2D eigenvalue weighted by molar-refractivity contribution is 6.13. The van der Waals surface area contributed by atoms with Gasteiger partial charge in [-0.3, -0.25) is 0 Å². The maximum atomic E-state index is 6.29. The summed E-state index contributed by atoms with van der Waals surface area (Å²) in [5.74, 6) is 0. The van der Waals surface area contributed by atoms with E-state index in [2.05, 4.69) is 191 Å². The van der Waals surface area contributed by atoms with Gasteiger partial charge in [-0.25, -0.2) is 0 Å². The van der Waals surface area contributed by atoms with Crippen LogP contribution in [0.5, 0.6) is 0 Å². The Morgan fingerprint density at radius 1 is 0.392 bits per heavy atom. The molecular weight excluding hydrogens is 621 g/mol. The Morgan fingerprint density at radius 2 is 0.980 bits per heavy atom. The van der Waals surface area contributed by atoms with Crippen molar-refractivity contribution >= 4 is 60.8 Å². The van der Waals surface area contributed by atoms with Gasteiger partial charge in [0.25, 0.3) is 0 Å². The van der Waals surface area contributed by atoms with Crippen molar-refractivity contribution in [2.45, 2.75) is 0 Å². The van der Waals surface area contributed by atoms with E-state index in [1.54, 1.807) is 0 Å². The molecule has 0 saturated heterocycles. The Kier molecular flexibility index (Phi) is 6.81. The number of aromatic nitrogens is 1. The Bertz CT molecular complexity index is 2810. The predicted octanol–water partition coefficient (Wildman–Crippen LogP) is 13.5. The summed E-state index contributed by atoms with van der Waals surface area (Å²) in [6, 6.07) is 69.1. The van der Waals surface area contributed by atoms with Crippen LogP contribution in [-0.4, -0.2) is 4.57 Å². The number of para-hydroxylation sites is 5. The lowest BCUT2D eigenvalue weighted by Crippen LogP contribution is -2.10. The number of benzene rings is 8. The molecule has 51 heavy (non-hydrogen) atoms. The molecule has 240 valence electrons. The second-order valence-electron chi connectivity index (χ2n) is 12.9. The monoisotopic (exact) mass is 652 g/mol. The SMILES string of the molecule is c1ccc(N(c2ccc(-c3cccc(-c4ccccc4-n4c5ccccc5c5ccccc54)c3)cc2)c2cccc3oc4ccccc4c23)cc1. The van der Waals surface area contributed by atoms with Gasteiger partial charge in [-0.2, -0.15) is 0 Å². The molecule has 8 aromatic carbocycles. The van der Waals surface area contributed by atoms with Crippen molar-refractivity contribution < 1.29 is 4.42 Å². The van der Waals surface area contributed by atoms with Crippen LogP contribution in [0.4, 0.5) is 17.1 Å². The molecule has 0 N–H and O–H groups in total. The number of hydrogen-bond donors (Lipinski definition) is 0. The summed E-state index contributed by atoms with van der Waals surface area (Å²) in [6.45, 7) is 0. The molecule has 0 unspecified atom stereocenters. The van der Waals surface area contributed by atoms with Gasteiger partial charge in [0.1, 0.15) is 11.2 Å². The van der Waals surface area contributed by atoms with Crippen LogP contribution in [-0.2, 0) is 0 Å². The quantitative estimate of drug-likeness (QED) is 0.178. The molecule has 0 aliphatic rings. The standard InChI is InChI=1S/C48H32N2O/c1-2-16-36(17-3-1)49(45-25-13-27-47-48(45)41-21-7-11-26-46(41)51-47)37-30-28-33(29-31-37)34-14-12-15-35(32-34)38-18-4-8-22-42(38)50-43-23-9-5-19-39(43)40-20-6-10-24-44(40)50/h1-32H. The average molecular weight is 653 g/mol. The first kappa shape index (κ1) is 29.1. The minimum atomic E-state index is 0.879. The molecule has 0 bridgehead atoms. The number of furan rings is 1. The predicted molar refractivity (Wildman–Crippen MR) is 214 cm³/mol. The van der Waals surface area contributed by atoms with Crippen LogP contribution in [0.25, 0.3) is 71.7 Å². The minimum absolute atomic E-state index is 0.879. The molecule has 0 atom stereocenters. The van der Waals surface area contributed by atoms with Crippen molar-refractivity contribution in [3.05, 3.63) is 194 Å². The van der Waals surface area contributed by atoms with Crippen molar-refractivity contribution in [3.8, 4) is 27.9 Å². The molecule has 0 spiro atoms. The van der Waals surface area contributed by atoms with E-state index in [1.165, 1.54) is 44.2 Å². The summed E-state index contributed by atoms with van der Waals surface area (Å²) in [6.07, 6.45) is 0. The number of fused-ring (bicyclic) bond motifs is 6. The van der Waals surface area contributed by atoms with Gasteiger partial charge in [0.05, 0.1) is 27.8 Å². The normalized spacial score (nSPS) is 11.5. The maximum Gasteiger partial charge on any atom is 0.137 e. The van der Waals surface area contributed by atoms with E-state index in [1.807, 2.05) is 12.1 Å². The number of rotatable bonds is 6. The van der Waals surface area contributed by atoms with Crippen LogP contribution in [0.2, 0.25) is 0 Å². The van der Waals surface area contributed by atoms with E-state index in [4.69, 9.17) is 4.42 Å². The molecule has 0 saturated carbocycles. The molecule has 10 rings (SSSR count). The van der Waals surface area contributed by atoms with Gasteiger partial charge in [0.15, 0.2) is 0 Å². The summed E-state index contributed by atoms with van der Waals surface area (Å²) in [5.41, 5.74) is 13.3. The Labute approximate surface area is 295 Å². The molecule has 10 aromatic rings. The third-order valence-corrected chi connectivity index (χ3v) is 9.99. The minimum Gasteiger partial charge on any atom is -0.456 e. The average Bonchev–Trinajstić information content (AvgIpc) is 3.75. The Balaban J connectivity index is 1.07. The topological polar surface area (TPSA) is 21.3 Å². The van der Waals surface area contributed by atoms with Gasteiger partial charge in [-0.15, -0.1) is 0 Å². The second-order valence-corrected chi connectivity index (χ2v) is 12.9. The molecule has 0 aliphatic carbocycles. The van der Waals surface area contributed by atoms with E-state index < -0.39 is 0 Å². The van der Waals surface area contributed by atoms with Crippen LogP contribution >= 0.6 is 0 Å². The fourth-order valence-corrected chi connectivity index (χ4v) is 7.71. The van der Waals surface area contributed by atoms with Crippen LogP contribution in [0.1, 0.15) is 0 Å². The number of anilines is 3. The van der Waals surface area contributed by atoms with Crippen LogP contribution < -0.4 is 4.90 Å². The molecule has 0 fully saturated rings. The first-order valence-electron chi connectivity index (χ1n) is 17.4. The summed E-state index contributed by atoms with van der Waals surface area (Å²) in [4.78, 5) is 2.33. The fraction of sp³-hybridized carbons (Fsp3) is 0. The van der Waals surface area contributed by atoms with E-state index in [0.29, 0.717) is 0 Å². The molecule has 0 amide bonds. The van der Waals surface area contributed by atoms with Crippen molar-refractivity contribution in [3.63, 3.8) is 0 Å². The van der Waals surface area contributed by atoms with Crippen LogP contribution in [0.15, 0.2) is 199 Å². The third-order valence-electron chi connectivity index (χ3n) is 9.99. The zero-order chi connectivity index (χ0) is 33.7. The summed E-state index contributed by atoms with van der Waals surface area (Å²) < 4.78 is 8.69. The zero-order valence-electron chi connectivity index (χ0n) is 27.8. The van der Waals surface area contributed by atoms with E-state index >= 15 is 0 Å². The molecule has 2 heterocycles. The third kappa shape index (κ3) is 4.82. The highest BCUT2D eigenvalue weighted by Gasteiger charge is 2.20. The van der Waals surface area contributed by atoms with Gasteiger partial charge < -0.3 is 13.9 Å². The van der Waals surface area contributed by atoms with Gasteiger partial charge >= 0.3 is 0 Å². The van der Waals surface area contributed by atoms with Crippen molar-refractivity contribution in [2.24, 2.45) is 0 Å². The first-order valence-corrected chi connectivity index (χ1v) is 17.4. The van der Waals surface area contributed by atoms with Crippen molar-refractivity contribution in [2.75, 3.05) is 4.90 Å². The molecule has 2 aromatic heterocycles. The van der Waals surface area contributed by atoms with Gasteiger partial charge in [0.2, 0.25) is 0 Å². The van der Waals surface area contributed by atoms with E-state index in [-0.39, 0.29) is 0 Å². The van der Waals surface area contributed by atoms with Gasteiger partial charge in [-0.1, -0.05) is 127 Å². The largest absolute Gasteiger partial charge is 0.456 e. The van der Waals surface area contributed by atoms with E-state index in [9.17, 15) is 0 Å². The molecule has 0 radical (unpaired) electrons. The molecule has 0 aliphatic heterocycles. The highest BCUT2D eigenvalue weighted by Crippen LogP contribution is 2.43. The van der Waals surface area contributed by atoms with Crippen LogP contribution in [0, 0.1) is 0 Å². The Hall–Kier alpha value is -6.84. The van der Waals surface area contributed by atoms with Crippen LogP contribution in [0.3, 0.4) is 0 Å². The summed E-state index contributed by atoms with van der Waals surface area (Å²) >= 11 is 0. The number of nitrogens with zero attached hydrogens (tertiary/aromatic N) is 2.